The van der Waals surface area contributed by atoms with E-state index in [2.05, 4.69) is 41.5 Å². The van der Waals surface area contributed by atoms with Crippen molar-refractivity contribution in [1.82, 2.24) is 15.2 Å². The summed E-state index contributed by atoms with van der Waals surface area (Å²) in [6.45, 7) is 4.58. The predicted octanol–water partition coefficient (Wildman–Crippen LogP) is 4.81. The van der Waals surface area contributed by atoms with Crippen LogP contribution in [0, 0.1) is 0 Å². The lowest BCUT2D eigenvalue weighted by Crippen LogP contribution is -2.32. The number of ether oxygens (including phenoxy) is 1. The second kappa shape index (κ2) is 7.30. The first-order valence-electron chi connectivity index (χ1n) is 9.62. The lowest BCUT2D eigenvalue weighted by Gasteiger charge is -2.33. The number of rotatable bonds is 4. The SMILES string of the molecule is CC1(C)Cc2c(c(Sc3ccccc3)nc3n[nH]c(NC(=O)c4ccco4)c23)CO1. The Labute approximate surface area is 177 Å². The van der Waals surface area contributed by atoms with E-state index in [1.54, 1.807) is 23.9 Å². The van der Waals surface area contributed by atoms with Gasteiger partial charge in [-0.05, 0) is 43.7 Å². The van der Waals surface area contributed by atoms with Gasteiger partial charge in [0.1, 0.15) is 10.8 Å². The van der Waals surface area contributed by atoms with Crippen LogP contribution in [0.4, 0.5) is 5.82 Å². The Kier molecular flexibility index (Phi) is 4.60. The molecule has 0 aliphatic carbocycles. The Bertz CT molecular complexity index is 1220. The number of carbonyl (C=O) groups excluding carboxylic acids is 1. The van der Waals surface area contributed by atoms with Crippen LogP contribution in [0.5, 0.6) is 0 Å². The van der Waals surface area contributed by atoms with Crippen molar-refractivity contribution < 1.29 is 13.9 Å². The molecule has 2 N–H and O–H groups in total. The van der Waals surface area contributed by atoms with E-state index in [-0.39, 0.29) is 17.3 Å². The van der Waals surface area contributed by atoms with Crippen LogP contribution in [0.1, 0.15) is 35.5 Å². The van der Waals surface area contributed by atoms with Crippen LogP contribution in [0.2, 0.25) is 0 Å². The van der Waals surface area contributed by atoms with Crippen molar-refractivity contribution in [1.29, 1.82) is 0 Å². The number of hydrogen-bond donors (Lipinski definition) is 2. The van der Waals surface area contributed by atoms with Crippen molar-refractivity contribution in [2.45, 2.75) is 42.4 Å². The molecule has 0 unspecified atom stereocenters. The second-order valence-electron chi connectivity index (χ2n) is 7.74. The van der Waals surface area contributed by atoms with E-state index < -0.39 is 0 Å². The molecule has 4 heterocycles. The summed E-state index contributed by atoms with van der Waals surface area (Å²) >= 11 is 1.59. The molecule has 0 saturated carbocycles. The number of hydrogen-bond acceptors (Lipinski definition) is 6. The first-order chi connectivity index (χ1) is 14.5. The molecular weight excluding hydrogens is 400 g/mol. The summed E-state index contributed by atoms with van der Waals surface area (Å²) in [5.74, 6) is 0.414. The molecule has 0 saturated heterocycles. The van der Waals surface area contributed by atoms with E-state index in [4.69, 9.17) is 14.1 Å². The molecule has 1 aliphatic heterocycles. The minimum absolute atomic E-state index is 0.236. The van der Waals surface area contributed by atoms with Crippen molar-refractivity contribution in [3.8, 4) is 0 Å². The number of amides is 1. The Morgan fingerprint density at radius 3 is 2.77 bits per heavy atom. The topological polar surface area (TPSA) is 93.0 Å². The fraction of sp³-hybridized carbons (Fsp3) is 0.227. The Balaban J connectivity index is 1.61. The number of aromatic nitrogens is 3. The molecule has 0 atom stereocenters. The quantitative estimate of drug-likeness (QED) is 0.492. The molecule has 152 valence electrons. The summed E-state index contributed by atoms with van der Waals surface area (Å²) < 4.78 is 11.3. The number of aromatic amines is 1. The summed E-state index contributed by atoms with van der Waals surface area (Å²) in [5, 5.41) is 11.9. The number of furan rings is 1. The average molecular weight is 420 g/mol. The van der Waals surface area contributed by atoms with Gasteiger partial charge >= 0.3 is 0 Å². The van der Waals surface area contributed by atoms with Gasteiger partial charge in [-0.2, -0.15) is 5.10 Å². The van der Waals surface area contributed by atoms with E-state index in [0.29, 0.717) is 24.5 Å². The molecule has 1 aliphatic rings. The Morgan fingerprint density at radius 2 is 2.00 bits per heavy atom. The van der Waals surface area contributed by atoms with E-state index in [1.807, 2.05) is 18.2 Å². The maximum absolute atomic E-state index is 12.5. The van der Waals surface area contributed by atoms with Gasteiger partial charge in [0.15, 0.2) is 11.4 Å². The van der Waals surface area contributed by atoms with Crippen LogP contribution < -0.4 is 5.32 Å². The number of nitrogens with one attached hydrogen (secondary N) is 2. The summed E-state index contributed by atoms with van der Waals surface area (Å²) in [7, 11) is 0. The van der Waals surface area contributed by atoms with Crippen molar-refractivity contribution in [3.63, 3.8) is 0 Å². The van der Waals surface area contributed by atoms with Crippen molar-refractivity contribution in [2.75, 3.05) is 5.32 Å². The molecular formula is C22H20N4O3S. The van der Waals surface area contributed by atoms with Crippen LogP contribution >= 0.6 is 11.8 Å². The van der Waals surface area contributed by atoms with Gasteiger partial charge < -0.3 is 14.5 Å². The molecule has 0 spiro atoms. The lowest BCUT2D eigenvalue weighted by atomic mass is 9.91. The maximum Gasteiger partial charge on any atom is 0.292 e. The summed E-state index contributed by atoms with van der Waals surface area (Å²) in [6, 6.07) is 13.4. The number of pyridine rings is 1. The Morgan fingerprint density at radius 1 is 1.17 bits per heavy atom. The highest BCUT2D eigenvalue weighted by atomic mass is 32.2. The van der Waals surface area contributed by atoms with E-state index in [9.17, 15) is 4.79 Å². The second-order valence-corrected chi connectivity index (χ2v) is 8.81. The van der Waals surface area contributed by atoms with Crippen LogP contribution in [0.3, 0.4) is 0 Å². The summed E-state index contributed by atoms with van der Waals surface area (Å²) in [6.07, 6.45) is 2.16. The molecule has 0 bridgehead atoms. The highest BCUT2D eigenvalue weighted by Crippen LogP contribution is 2.40. The van der Waals surface area contributed by atoms with Crippen LogP contribution in [0.25, 0.3) is 11.0 Å². The van der Waals surface area contributed by atoms with Gasteiger partial charge in [-0.1, -0.05) is 30.0 Å². The molecule has 30 heavy (non-hydrogen) atoms. The van der Waals surface area contributed by atoms with E-state index in [1.165, 1.54) is 6.26 Å². The number of fused-ring (bicyclic) bond motifs is 3. The van der Waals surface area contributed by atoms with Gasteiger partial charge in [0, 0.05) is 16.9 Å². The summed E-state index contributed by atoms with van der Waals surface area (Å²) in [4.78, 5) is 18.4. The first-order valence-corrected chi connectivity index (χ1v) is 10.4. The van der Waals surface area contributed by atoms with E-state index in [0.717, 1.165) is 26.4 Å². The number of benzene rings is 1. The molecule has 1 aromatic carbocycles. The van der Waals surface area contributed by atoms with Gasteiger partial charge in [0.2, 0.25) is 0 Å². The highest BCUT2D eigenvalue weighted by molar-refractivity contribution is 7.99. The predicted molar refractivity (Wildman–Crippen MR) is 114 cm³/mol. The fourth-order valence-corrected chi connectivity index (χ4v) is 4.54. The minimum Gasteiger partial charge on any atom is -0.459 e. The fourth-order valence-electron chi connectivity index (χ4n) is 3.59. The van der Waals surface area contributed by atoms with Crippen LogP contribution in [-0.4, -0.2) is 26.7 Å². The Hall–Kier alpha value is -3.10. The zero-order valence-corrected chi connectivity index (χ0v) is 17.4. The monoisotopic (exact) mass is 420 g/mol. The van der Waals surface area contributed by atoms with Gasteiger partial charge in [-0.3, -0.25) is 9.89 Å². The van der Waals surface area contributed by atoms with Gasteiger partial charge in [0.05, 0.1) is 23.9 Å². The third-order valence-electron chi connectivity index (χ3n) is 5.03. The molecule has 8 heteroatoms. The van der Waals surface area contributed by atoms with Gasteiger partial charge in [-0.15, -0.1) is 0 Å². The summed E-state index contributed by atoms with van der Waals surface area (Å²) in [5.41, 5.74) is 2.37. The number of anilines is 1. The van der Waals surface area contributed by atoms with Crippen LogP contribution in [-0.2, 0) is 17.8 Å². The minimum atomic E-state index is -0.339. The first kappa shape index (κ1) is 18.9. The lowest BCUT2D eigenvalue weighted by molar-refractivity contribution is -0.0410. The highest BCUT2D eigenvalue weighted by Gasteiger charge is 2.32. The standard InChI is InChI=1S/C22H20N4O3S/c1-22(2)11-14-15(12-29-22)21(30-13-7-4-3-5-8-13)24-19-17(14)18(25-26-19)23-20(27)16-9-6-10-28-16/h3-10H,11-12H2,1-2H3,(H2,23,24,25,26,27). The molecule has 5 rings (SSSR count). The number of nitrogens with zero attached hydrogens (tertiary/aromatic N) is 2. The largest absolute Gasteiger partial charge is 0.459 e. The molecule has 7 nitrogen and oxygen atoms in total. The molecule has 3 aromatic heterocycles. The number of H-pyrrole nitrogens is 1. The zero-order chi connectivity index (χ0) is 20.7. The van der Waals surface area contributed by atoms with Gasteiger partial charge in [-0.25, -0.2) is 4.98 Å². The molecule has 0 fully saturated rings. The smallest absolute Gasteiger partial charge is 0.292 e. The average Bonchev–Trinajstić information content (AvgIpc) is 3.38. The van der Waals surface area contributed by atoms with Crippen molar-refractivity contribution in [3.05, 3.63) is 65.6 Å². The zero-order valence-electron chi connectivity index (χ0n) is 16.6. The molecule has 1 amide bonds. The van der Waals surface area contributed by atoms with Gasteiger partial charge in [0.25, 0.3) is 5.91 Å². The van der Waals surface area contributed by atoms with Crippen molar-refractivity contribution in [2.24, 2.45) is 0 Å². The third kappa shape index (κ3) is 3.48. The van der Waals surface area contributed by atoms with Crippen LogP contribution in [0.15, 0.2) is 63.1 Å². The van der Waals surface area contributed by atoms with Crippen molar-refractivity contribution >= 4 is 34.5 Å². The molecule has 4 aromatic rings. The molecule has 0 radical (unpaired) electrons. The third-order valence-corrected chi connectivity index (χ3v) is 6.07. The maximum atomic E-state index is 12.5. The van der Waals surface area contributed by atoms with E-state index >= 15 is 0 Å². The number of carbonyl (C=O) groups is 1. The normalized spacial score (nSPS) is 15.1.